The summed E-state index contributed by atoms with van der Waals surface area (Å²) in [7, 11) is -2.41. The van der Waals surface area contributed by atoms with E-state index in [1.54, 1.807) is 7.11 Å². The number of carbonyl (C=O) groups excluding carboxylic acids is 2. The number of hydrogen-bond donors (Lipinski definition) is 0. The van der Waals surface area contributed by atoms with Gasteiger partial charge in [0.2, 0.25) is 18.2 Å². The van der Waals surface area contributed by atoms with E-state index in [0.29, 0.717) is 24.3 Å². The molecule has 0 aliphatic heterocycles. The summed E-state index contributed by atoms with van der Waals surface area (Å²) in [6.07, 6.45) is -0.131. The molecule has 0 bridgehead atoms. The summed E-state index contributed by atoms with van der Waals surface area (Å²) >= 11 is 0. The van der Waals surface area contributed by atoms with Gasteiger partial charge in [0.1, 0.15) is 0 Å². The van der Waals surface area contributed by atoms with Gasteiger partial charge < -0.3 is 14.0 Å². The number of rotatable bonds is 10. The van der Waals surface area contributed by atoms with Gasteiger partial charge in [0.25, 0.3) is 0 Å². The van der Waals surface area contributed by atoms with E-state index in [4.69, 9.17) is 9.47 Å². The van der Waals surface area contributed by atoms with Gasteiger partial charge in [0.15, 0.2) is 0 Å². The molecule has 5 nitrogen and oxygen atoms in total. The van der Waals surface area contributed by atoms with Crippen molar-refractivity contribution in [3.05, 3.63) is 68.8 Å². The van der Waals surface area contributed by atoms with Crippen LogP contribution in [0.3, 0.4) is 0 Å². The molecule has 168 valence electrons. The number of ether oxygens (including phenoxy) is 2. The summed E-state index contributed by atoms with van der Waals surface area (Å²) in [5.41, 5.74) is 4.54. The molecule has 2 aromatic rings. The maximum atomic E-state index is 14.2. The first-order valence-corrected chi connectivity index (χ1v) is 12.3. The molecular weight excluding hydrogens is 411 g/mol. The molecule has 0 fully saturated rings. The number of hydrogen-bond acceptors (Lipinski definition) is 5. The predicted molar refractivity (Wildman–Crippen MR) is 125 cm³/mol. The lowest BCUT2D eigenvalue weighted by atomic mass is 10.0. The van der Waals surface area contributed by atoms with Crippen LogP contribution in [0.1, 0.15) is 54.1 Å². The van der Waals surface area contributed by atoms with Gasteiger partial charge in [-0.2, -0.15) is 0 Å². The Balaban J connectivity index is 2.55. The fraction of sp³-hybridized carbons (Fsp3) is 0.440. The highest BCUT2D eigenvalue weighted by Gasteiger charge is 2.42. The van der Waals surface area contributed by atoms with Crippen LogP contribution in [-0.4, -0.2) is 44.1 Å². The highest BCUT2D eigenvalue weighted by molar-refractivity contribution is 7.95. The van der Waals surface area contributed by atoms with E-state index in [1.165, 1.54) is 0 Å². The van der Waals surface area contributed by atoms with Gasteiger partial charge in [0.05, 0.1) is 19.8 Å². The molecule has 0 atom stereocenters. The smallest absolute Gasteiger partial charge is 0.229 e. The standard InChI is InChI=1S/C25H33O5P/c1-16-12-18(3)22(19(4)13-16)24(26)31(28,11-10-30-9-8-29-7)25(27)23-20(5)14-17(2)15-21(23)6/h12-15H,8-11H2,1-7H3. The van der Waals surface area contributed by atoms with E-state index in [0.717, 1.165) is 33.4 Å². The minimum atomic E-state index is -3.98. The van der Waals surface area contributed by atoms with Gasteiger partial charge in [-0.25, -0.2) is 0 Å². The number of aryl methyl sites for hydroxylation is 6. The minimum Gasteiger partial charge on any atom is -0.382 e. The molecule has 0 aromatic heterocycles. The number of carbonyl (C=O) groups is 2. The molecule has 2 aromatic carbocycles. The third kappa shape index (κ3) is 5.60. The Bertz CT molecular complexity index is 919. The summed E-state index contributed by atoms with van der Waals surface area (Å²) in [6, 6.07) is 7.53. The van der Waals surface area contributed by atoms with Gasteiger partial charge >= 0.3 is 0 Å². The fourth-order valence-electron chi connectivity index (χ4n) is 4.13. The molecule has 0 saturated heterocycles. The molecule has 0 heterocycles. The second kappa shape index (κ2) is 10.5. The Morgan fingerprint density at radius 3 is 1.45 bits per heavy atom. The lowest BCUT2D eigenvalue weighted by molar-refractivity contribution is 0.0778. The average Bonchev–Trinajstić information content (AvgIpc) is 2.65. The van der Waals surface area contributed by atoms with Crippen molar-refractivity contribution in [1.82, 2.24) is 0 Å². The van der Waals surface area contributed by atoms with Crippen LogP contribution in [0.15, 0.2) is 24.3 Å². The van der Waals surface area contributed by atoms with Crippen molar-refractivity contribution in [3.63, 3.8) is 0 Å². The maximum absolute atomic E-state index is 14.2. The second-order valence-corrected chi connectivity index (χ2v) is 11.0. The zero-order valence-corrected chi connectivity index (χ0v) is 20.5. The largest absolute Gasteiger partial charge is 0.382 e. The molecule has 0 aliphatic rings. The molecule has 0 amide bonds. The van der Waals surface area contributed by atoms with Crippen LogP contribution in [0.2, 0.25) is 0 Å². The Hall–Kier alpha value is -2.07. The quantitative estimate of drug-likeness (QED) is 0.355. The van der Waals surface area contributed by atoms with Crippen molar-refractivity contribution in [2.75, 3.05) is 33.1 Å². The van der Waals surface area contributed by atoms with Crippen molar-refractivity contribution >= 4 is 18.2 Å². The summed E-state index contributed by atoms with van der Waals surface area (Å²) in [5, 5.41) is 0. The fourth-order valence-corrected chi connectivity index (χ4v) is 6.53. The van der Waals surface area contributed by atoms with Crippen LogP contribution >= 0.6 is 7.14 Å². The Labute approximate surface area is 185 Å². The van der Waals surface area contributed by atoms with E-state index < -0.39 is 18.2 Å². The van der Waals surface area contributed by atoms with Gasteiger partial charge in [-0.3, -0.25) is 9.59 Å². The zero-order chi connectivity index (χ0) is 23.3. The molecule has 2 rings (SSSR count). The van der Waals surface area contributed by atoms with Crippen LogP contribution in [0, 0.1) is 41.5 Å². The molecule has 6 heteroatoms. The van der Waals surface area contributed by atoms with Crippen LogP contribution in [-0.2, 0) is 14.0 Å². The Morgan fingerprint density at radius 2 is 1.10 bits per heavy atom. The van der Waals surface area contributed by atoms with E-state index in [1.807, 2.05) is 65.8 Å². The van der Waals surface area contributed by atoms with Crippen molar-refractivity contribution in [3.8, 4) is 0 Å². The molecule has 31 heavy (non-hydrogen) atoms. The average molecular weight is 445 g/mol. The lowest BCUT2D eigenvalue weighted by Gasteiger charge is -2.21. The van der Waals surface area contributed by atoms with Crippen molar-refractivity contribution in [2.24, 2.45) is 0 Å². The van der Waals surface area contributed by atoms with E-state index >= 15 is 0 Å². The lowest BCUT2D eigenvalue weighted by Crippen LogP contribution is -2.20. The van der Waals surface area contributed by atoms with Crippen molar-refractivity contribution in [1.29, 1.82) is 0 Å². The normalized spacial score (nSPS) is 11.6. The Kier molecular flexibility index (Phi) is 8.53. The predicted octanol–water partition coefficient (Wildman–Crippen LogP) is 5.54. The molecule has 0 unspecified atom stereocenters. The zero-order valence-electron chi connectivity index (χ0n) is 19.6. The first-order valence-electron chi connectivity index (χ1n) is 10.4. The minimum absolute atomic E-state index is 0.0476. The third-order valence-electron chi connectivity index (χ3n) is 5.42. The van der Waals surface area contributed by atoms with Crippen molar-refractivity contribution < 1.29 is 23.6 Å². The highest BCUT2D eigenvalue weighted by Crippen LogP contribution is 2.53. The van der Waals surface area contributed by atoms with Gasteiger partial charge in [0, 0.05) is 24.4 Å². The van der Waals surface area contributed by atoms with Gasteiger partial charge in [-0.1, -0.05) is 35.4 Å². The molecular formula is C25H33O5P. The first-order chi connectivity index (χ1) is 14.5. The Morgan fingerprint density at radius 1 is 0.710 bits per heavy atom. The van der Waals surface area contributed by atoms with E-state index in [-0.39, 0.29) is 12.8 Å². The highest BCUT2D eigenvalue weighted by atomic mass is 31.2. The topological polar surface area (TPSA) is 69.7 Å². The van der Waals surface area contributed by atoms with Gasteiger partial charge in [-0.05, 0) is 63.8 Å². The summed E-state index contributed by atoms with van der Waals surface area (Å²) in [5.74, 6) is 0. The molecule has 0 N–H and O–H groups in total. The van der Waals surface area contributed by atoms with Crippen molar-refractivity contribution in [2.45, 2.75) is 41.5 Å². The molecule has 0 saturated carbocycles. The number of benzene rings is 2. The van der Waals surface area contributed by atoms with E-state index in [9.17, 15) is 14.2 Å². The van der Waals surface area contributed by atoms with Crippen LogP contribution in [0.4, 0.5) is 0 Å². The van der Waals surface area contributed by atoms with E-state index in [2.05, 4.69) is 0 Å². The monoisotopic (exact) mass is 444 g/mol. The van der Waals surface area contributed by atoms with Crippen LogP contribution < -0.4 is 0 Å². The number of methoxy groups -OCH3 is 1. The molecule has 0 aliphatic carbocycles. The second-order valence-electron chi connectivity index (χ2n) is 8.23. The molecule has 0 radical (unpaired) electrons. The SMILES string of the molecule is COCCOCCP(=O)(C(=O)c1c(C)cc(C)cc1C)C(=O)c1c(C)cc(C)cc1C. The van der Waals surface area contributed by atoms with Gasteiger partial charge in [-0.15, -0.1) is 0 Å². The first kappa shape index (κ1) is 25.2. The summed E-state index contributed by atoms with van der Waals surface area (Å²) in [6.45, 7) is 11.9. The third-order valence-corrected chi connectivity index (χ3v) is 7.99. The van der Waals surface area contributed by atoms with Crippen LogP contribution in [0.25, 0.3) is 0 Å². The van der Waals surface area contributed by atoms with Crippen LogP contribution in [0.5, 0.6) is 0 Å². The maximum Gasteiger partial charge on any atom is 0.229 e. The summed E-state index contributed by atoms with van der Waals surface area (Å²) in [4.78, 5) is 27.4. The molecule has 0 spiro atoms. The summed E-state index contributed by atoms with van der Waals surface area (Å²) < 4.78 is 24.7.